The van der Waals surface area contributed by atoms with E-state index in [0.29, 0.717) is 12.0 Å². The maximum atomic E-state index is 10.6. The highest BCUT2D eigenvalue weighted by Gasteiger charge is 1.98. The molecule has 0 fully saturated rings. The molecule has 0 aromatic heterocycles. The van der Waals surface area contributed by atoms with E-state index in [2.05, 4.69) is 0 Å². The van der Waals surface area contributed by atoms with Crippen molar-refractivity contribution in [2.45, 2.75) is 19.8 Å². The van der Waals surface area contributed by atoms with E-state index >= 15 is 0 Å². The third-order valence-electron chi connectivity index (χ3n) is 2.14. The first-order valence-electron chi connectivity index (χ1n) is 4.64. The Bertz CT molecular complexity index is 325. The lowest BCUT2D eigenvalue weighted by Gasteiger charge is -2.07. The van der Waals surface area contributed by atoms with Crippen molar-refractivity contribution in [3.8, 4) is 0 Å². The fourth-order valence-electron chi connectivity index (χ4n) is 1.29. The Kier molecular flexibility index (Phi) is 3.92. The lowest BCUT2D eigenvalue weighted by Crippen LogP contribution is -2.24. The number of allylic oxidation sites excluding steroid dienone is 1. The average Bonchev–Trinajstić information content (AvgIpc) is 2.20. The Labute approximate surface area is 83.9 Å². The van der Waals surface area contributed by atoms with Crippen molar-refractivity contribution in [1.82, 2.24) is 0 Å². The third-order valence-corrected chi connectivity index (χ3v) is 2.14. The molecule has 1 aromatic carbocycles. The van der Waals surface area contributed by atoms with E-state index in [1.807, 2.05) is 30.3 Å². The Morgan fingerprint density at radius 2 is 2.00 bits per heavy atom. The van der Waals surface area contributed by atoms with Crippen LogP contribution in [0.15, 0.2) is 42.0 Å². The van der Waals surface area contributed by atoms with Gasteiger partial charge in [-0.05, 0) is 30.9 Å². The van der Waals surface area contributed by atoms with Gasteiger partial charge >= 0.3 is 0 Å². The molecule has 0 saturated carbocycles. The minimum Gasteiger partial charge on any atom is -0.545 e. The first kappa shape index (κ1) is 10.5. The Morgan fingerprint density at radius 1 is 1.36 bits per heavy atom. The van der Waals surface area contributed by atoms with Gasteiger partial charge in [0.2, 0.25) is 0 Å². The largest absolute Gasteiger partial charge is 0.545 e. The number of carbonyl (C=O) groups excluding carboxylic acids is 1. The summed E-state index contributed by atoms with van der Waals surface area (Å²) in [7, 11) is 0. The number of rotatable bonds is 4. The Morgan fingerprint density at radius 3 is 2.50 bits per heavy atom. The number of benzene rings is 1. The van der Waals surface area contributed by atoms with Crippen LogP contribution in [0.25, 0.3) is 0 Å². The standard InChI is InChI=1S/C12H14O2/c1-2-11(12(13)14)9-8-10-6-4-3-5-7-10/h2-7H,8-9H2,1H3,(H,13,14)/p-1. The number of hydrogen-bond donors (Lipinski definition) is 0. The predicted octanol–water partition coefficient (Wildman–Crippen LogP) is 1.32. The summed E-state index contributed by atoms with van der Waals surface area (Å²) in [5, 5.41) is 10.6. The topological polar surface area (TPSA) is 40.1 Å². The highest BCUT2D eigenvalue weighted by molar-refractivity contribution is 5.84. The van der Waals surface area contributed by atoms with Gasteiger partial charge in [0, 0.05) is 0 Å². The maximum Gasteiger partial charge on any atom is 0.0671 e. The molecule has 1 rings (SSSR count). The van der Waals surface area contributed by atoms with Gasteiger partial charge in [-0.15, -0.1) is 0 Å². The van der Waals surface area contributed by atoms with Crippen molar-refractivity contribution >= 4 is 5.97 Å². The molecule has 14 heavy (non-hydrogen) atoms. The molecule has 0 heterocycles. The van der Waals surface area contributed by atoms with Crippen LogP contribution in [0, 0.1) is 0 Å². The van der Waals surface area contributed by atoms with E-state index in [9.17, 15) is 9.90 Å². The van der Waals surface area contributed by atoms with Crippen LogP contribution in [0.2, 0.25) is 0 Å². The molecule has 74 valence electrons. The molecule has 0 atom stereocenters. The SMILES string of the molecule is CC=C(CCc1ccccc1)C(=O)[O-]. The summed E-state index contributed by atoms with van der Waals surface area (Å²) in [5.74, 6) is -1.07. The smallest absolute Gasteiger partial charge is 0.0671 e. The zero-order valence-corrected chi connectivity index (χ0v) is 8.19. The number of aliphatic carboxylic acids is 1. The second-order valence-corrected chi connectivity index (χ2v) is 3.09. The van der Waals surface area contributed by atoms with E-state index < -0.39 is 5.97 Å². The van der Waals surface area contributed by atoms with Gasteiger partial charge in [-0.3, -0.25) is 0 Å². The third kappa shape index (κ3) is 3.05. The number of carbonyl (C=O) groups is 1. The molecule has 0 amide bonds. The Balaban J connectivity index is 2.53. The molecule has 0 aliphatic rings. The van der Waals surface area contributed by atoms with Gasteiger partial charge in [-0.25, -0.2) is 0 Å². The fourth-order valence-corrected chi connectivity index (χ4v) is 1.29. The van der Waals surface area contributed by atoms with Gasteiger partial charge in [0.15, 0.2) is 0 Å². The van der Waals surface area contributed by atoms with Crippen molar-refractivity contribution < 1.29 is 9.90 Å². The molecular formula is C12H13O2-. The molecule has 0 unspecified atom stereocenters. The molecule has 0 N–H and O–H groups in total. The van der Waals surface area contributed by atoms with Crippen LogP contribution in [-0.2, 0) is 11.2 Å². The van der Waals surface area contributed by atoms with Gasteiger partial charge in [-0.1, -0.05) is 36.4 Å². The van der Waals surface area contributed by atoms with Gasteiger partial charge < -0.3 is 9.90 Å². The summed E-state index contributed by atoms with van der Waals surface area (Å²) in [6.45, 7) is 1.72. The van der Waals surface area contributed by atoms with Crippen molar-refractivity contribution in [3.05, 3.63) is 47.5 Å². The van der Waals surface area contributed by atoms with Gasteiger partial charge in [0.05, 0.1) is 5.97 Å². The zero-order valence-electron chi connectivity index (χ0n) is 8.19. The molecule has 1 aromatic rings. The summed E-state index contributed by atoms with van der Waals surface area (Å²) in [4.78, 5) is 10.6. The van der Waals surface area contributed by atoms with E-state index in [1.54, 1.807) is 13.0 Å². The summed E-state index contributed by atoms with van der Waals surface area (Å²) in [6, 6.07) is 9.82. The molecule has 2 nitrogen and oxygen atoms in total. The normalized spacial score (nSPS) is 11.4. The van der Waals surface area contributed by atoms with E-state index in [-0.39, 0.29) is 0 Å². The van der Waals surface area contributed by atoms with Crippen LogP contribution in [0.4, 0.5) is 0 Å². The average molecular weight is 189 g/mol. The molecule has 0 saturated heterocycles. The van der Waals surface area contributed by atoms with Gasteiger partial charge in [-0.2, -0.15) is 0 Å². The first-order valence-corrected chi connectivity index (χ1v) is 4.64. The molecule has 0 aliphatic carbocycles. The maximum absolute atomic E-state index is 10.6. The molecule has 2 heteroatoms. The quantitative estimate of drug-likeness (QED) is 0.670. The van der Waals surface area contributed by atoms with Crippen molar-refractivity contribution in [2.24, 2.45) is 0 Å². The van der Waals surface area contributed by atoms with E-state index in [1.165, 1.54) is 0 Å². The molecule has 0 aliphatic heterocycles. The lowest BCUT2D eigenvalue weighted by molar-refractivity contribution is -0.299. The monoisotopic (exact) mass is 189 g/mol. The predicted molar refractivity (Wildman–Crippen MR) is 53.5 cm³/mol. The molecule has 0 spiro atoms. The van der Waals surface area contributed by atoms with Crippen LogP contribution < -0.4 is 5.11 Å². The molecule has 0 bridgehead atoms. The minimum absolute atomic E-state index is 0.369. The molecular weight excluding hydrogens is 176 g/mol. The van der Waals surface area contributed by atoms with Crippen LogP contribution in [-0.4, -0.2) is 5.97 Å². The highest BCUT2D eigenvalue weighted by atomic mass is 16.4. The number of carboxylic acids is 1. The van der Waals surface area contributed by atoms with Crippen LogP contribution in [0.5, 0.6) is 0 Å². The van der Waals surface area contributed by atoms with Gasteiger partial charge in [0.25, 0.3) is 0 Å². The van der Waals surface area contributed by atoms with Crippen molar-refractivity contribution in [1.29, 1.82) is 0 Å². The van der Waals surface area contributed by atoms with Crippen molar-refractivity contribution in [3.63, 3.8) is 0 Å². The zero-order chi connectivity index (χ0) is 10.4. The Hall–Kier alpha value is -1.57. The summed E-state index contributed by atoms with van der Waals surface area (Å²) >= 11 is 0. The lowest BCUT2D eigenvalue weighted by atomic mass is 10.0. The number of aryl methyl sites for hydroxylation is 1. The summed E-state index contributed by atoms with van der Waals surface area (Å²) < 4.78 is 0. The highest BCUT2D eigenvalue weighted by Crippen LogP contribution is 2.08. The van der Waals surface area contributed by atoms with Crippen LogP contribution in [0.1, 0.15) is 18.9 Å². The number of hydrogen-bond acceptors (Lipinski definition) is 2. The second kappa shape index (κ2) is 5.22. The summed E-state index contributed by atoms with van der Waals surface area (Å²) in [6.07, 6.45) is 2.87. The summed E-state index contributed by atoms with van der Waals surface area (Å²) in [5.41, 5.74) is 1.52. The van der Waals surface area contributed by atoms with E-state index in [0.717, 1.165) is 12.0 Å². The fraction of sp³-hybridized carbons (Fsp3) is 0.250. The van der Waals surface area contributed by atoms with Crippen LogP contribution >= 0.6 is 0 Å². The molecule has 0 radical (unpaired) electrons. The first-order chi connectivity index (χ1) is 6.74. The van der Waals surface area contributed by atoms with Crippen molar-refractivity contribution in [2.75, 3.05) is 0 Å². The minimum atomic E-state index is -1.07. The number of carboxylic acid groups (broad SMARTS) is 1. The van der Waals surface area contributed by atoms with Gasteiger partial charge in [0.1, 0.15) is 0 Å². The van der Waals surface area contributed by atoms with Crippen LogP contribution in [0.3, 0.4) is 0 Å². The van der Waals surface area contributed by atoms with E-state index in [4.69, 9.17) is 0 Å². The second-order valence-electron chi connectivity index (χ2n) is 3.09.